The molecule has 1 aromatic carbocycles. The molecule has 1 heterocycles. The van der Waals surface area contributed by atoms with Crippen LogP contribution < -0.4 is 5.32 Å². The molecule has 106 valence electrons. The fourth-order valence-electron chi connectivity index (χ4n) is 1.76. The summed E-state index contributed by atoms with van der Waals surface area (Å²) >= 11 is 1.21. The number of hydrogen-bond acceptors (Lipinski definition) is 3. The van der Waals surface area contributed by atoms with E-state index < -0.39 is 11.6 Å². The largest absolute Gasteiger partial charge is 0.313 e. The van der Waals surface area contributed by atoms with Crippen LogP contribution in [0.1, 0.15) is 18.1 Å². The van der Waals surface area contributed by atoms with Crippen LogP contribution >= 0.6 is 11.8 Å². The zero-order valence-corrected chi connectivity index (χ0v) is 12.2. The Bertz CT molecular complexity index is 602. The van der Waals surface area contributed by atoms with Gasteiger partial charge in [0.05, 0.1) is 0 Å². The van der Waals surface area contributed by atoms with Crippen LogP contribution in [0.2, 0.25) is 0 Å². The Hall–Kier alpha value is -1.46. The molecule has 0 spiro atoms. The quantitative estimate of drug-likeness (QED) is 0.904. The number of rotatable bonds is 5. The SMILES string of the molecule is CCNCc1cnc(Sc2ccc(F)cc2F)c(C)c1. The van der Waals surface area contributed by atoms with Gasteiger partial charge >= 0.3 is 0 Å². The minimum absolute atomic E-state index is 0.376. The van der Waals surface area contributed by atoms with Crippen LogP contribution in [0.3, 0.4) is 0 Å². The summed E-state index contributed by atoms with van der Waals surface area (Å²) in [5.74, 6) is -1.13. The van der Waals surface area contributed by atoms with Gasteiger partial charge < -0.3 is 5.32 Å². The zero-order chi connectivity index (χ0) is 14.5. The Morgan fingerprint density at radius 2 is 2.05 bits per heavy atom. The maximum Gasteiger partial charge on any atom is 0.140 e. The lowest BCUT2D eigenvalue weighted by atomic mass is 10.2. The fourth-order valence-corrected chi connectivity index (χ4v) is 2.58. The van der Waals surface area contributed by atoms with Crippen molar-refractivity contribution < 1.29 is 8.78 Å². The molecule has 0 saturated heterocycles. The van der Waals surface area contributed by atoms with Crippen LogP contribution in [-0.2, 0) is 6.54 Å². The highest BCUT2D eigenvalue weighted by molar-refractivity contribution is 7.99. The van der Waals surface area contributed by atoms with Gasteiger partial charge in [0.25, 0.3) is 0 Å². The smallest absolute Gasteiger partial charge is 0.140 e. The molecule has 0 saturated carbocycles. The Kier molecular flexibility index (Phi) is 5.09. The molecule has 1 N–H and O–H groups in total. The van der Waals surface area contributed by atoms with Crippen molar-refractivity contribution in [1.29, 1.82) is 0 Å². The third-order valence-corrected chi connectivity index (χ3v) is 3.94. The molecule has 0 bridgehead atoms. The highest BCUT2D eigenvalue weighted by Crippen LogP contribution is 2.31. The van der Waals surface area contributed by atoms with Crippen molar-refractivity contribution in [1.82, 2.24) is 10.3 Å². The maximum atomic E-state index is 13.6. The van der Waals surface area contributed by atoms with Gasteiger partial charge in [-0.3, -0.25) is 0 Å². The molecule has 0 fully saturated rings. The van der Waals surface area contributed by atoms with Gasteiger partial charge in [0, 0.05) is 23.7 Å². The summed E-state index contributed by atoms with van der Waals surface area (Å²) in [6.07, 6.45) is 1.78. The topological polar surface area (TPSA) is 24.9 Å². The summed E-state index contributed by atoms with van der Waals surface area (Å²) in [6, 6.07) is 5.60. The normalized spacial score (nSPS) is 10.8. The highest BCUT2D eigenvalue weighted by atomic mass is 32.2. The Morgan fingerprint density at radius 1 is 1.25 bits per heavy atom. The molecule has 0 amide bonds. The molecule has 0 aliphatic carbocycles. The second-order valence-corrected chi connectivity index (χ2v) is 5.45. The summed E-state index contributed by atoms with van der Waals surface area (Å²) in [5.41, 5.74) is 2.07. The number of hydrogen-bond donors (Lipinski definition) is 1. The third-order valence-electron chi connectivity index (χ3n) is 2.77. The van der Waals surface area contributed by atoms with Gasteiger partial charge in [-0.1, -0.05) is 24.8 Å². The van der Waals surface area contributed by atoms with E-state index in [1.807, 2.05) is 19.9 Å². The van der Waals surface area contributed by atoms with Crippen LogP contribution in [0.5, 0.6) is 0 Å². The van der Waals surface area contributed by atoms with E-state index in [0.29, 0.717) is 4.90 Å². The van der Waals surface area contributed by atoms with Crippen LogP contribution in [-0.4, -0.2) is 11.5 Å². The van der Waals surface area contributed by atoms with Gasteiger partial charge in [-0.15, -0.1) is 0 Å². The van der Waals surface area contributed by atoms with E-state index in [1.165, 1.54) is 23.9 Å². The molecule has 20 heavy (non-hydrogen) atoms. The summed E-state index contributed by atoms with van der Waals surface area (Å²) in [5, 5.41) is 3.96. The molecule has 1 aromatic heterocycles. The summed E-state index contributed by atoms with van der Waals surface area (Å²) < 4.78 is 26.5. The van der Waals surface area contributed by atoms with E-state index in [0.717, 1.165) is 35.3 Å². The van der Waals surface area contributed by atoms with Gasteiger partial charge in [-0.25, -0.2) is 13.8 Å². The minimum atomic E-state index is -0.572. The van der Waals surface area contributed by atoms with E-state index >= 15 is 0 Å². The Balaban J connectivity index is 2.17. The average molecular weight is 294 g/mol. The molecule has 2 rings (SSSR count). The first kappa shape index (κ1) is 14.9. The average Bonchev–Trinajstić information content (AvgIpc) is 2.42. The van der Waals surface area contributed by atoms with Crippen LogP contribution in [0.15, 0.2) is 40.4 Å². The van der Waals surface area contributed by atoms with Gasteiger partial charge in [0.1, 0.15) is 16.7 Å². The van der Waals surface area contributed by atoms with Crippen LogP contribution in [0.25, 0.3) is 0 Å². The molecule has 5 heteroatoms. The molecular formula is C15H16F2N2S. The predicted molar refractivity (Wildman–Crippen MR) is 76.8 cm³/mol. The van der Waals surface area contributed by atoms with Gasteiger partial charge in [0.15, 0.2) is 0 Å². The van der Waals surface area contributed by atoms with Crippen molar-refractivity contribution in [2.24, 2.45) is 0 Å². The number of nitrogens with zero attached hydrogens (tertiary/aromatic N) is 1. The lowest BCUT2D eigenvalue weighted by Crippen LogP contribution is -2.12. The Labute approximate surface area is 121 Å². The molecule has 0 aliphatic heterocycles. The standard InChI is InChI=1S/C15H16F2N2S/c1-3-18-8-11-6-10(2)15(19-9-11)20-14-5-4-12(16)7-13(14)17/h4-7,9,18H,3,8H2,1-2H3. The van der Waals surface area contributed by atoms with Crippen molar-refractivity contribution in [3.8, 4) is 0 Å². The second-order valence-electron chi connectivity index (χ2n) is 4.42. The molecule has 0 atom stereocenters. The lowest BCUT2D eigenvalue weighted by Gasteiger charge is -2.08. The first-order valence-corrected chi connectivity index (χ1v) is 7.21. The summed E-state index contributed by atoms with van der Waals surface area (Å²) in [4.78, 5) is 4.73. The van der Waals surface area contributed by atoms with Gasteiger partial charge in [0.2, 0.25) is 0 Å². The van der Waals surface area contributed by atoms with E-state index in [-0.39, 0.29) is 0 Å². The first-order valence-electron chi connectivity index (χ1n) is 6.39. The number of benzene rings is 1. The summed E-state index contributed by atoms with van der Waals surface area (Å²) in [6.45, 7) is 5.64. The second kappa shape index (κ2) is 6.81. The van der Waals surface area contributed by atoms with E-state index in [1.54, 1.807) is 6.20 Å². The Morgan fingerprint density at radius 3 is 2.70 bits per heavy atom. The first-order chi connectivity index (χ1) is 9.60. The number of halogens is 2. The van der Waals surface area contributed by atoms with Gasteiger partial charge in [-0.05, 0) is 36.7 Å². The zero-order valence-electron chi connectivity index (χ0n) is 11.4. The molecule has 2 aromatic rings. The molecule has 2 nitrogen and oxygen atoms in total. The third kappa shape index (κ3) is 3.77. The van der Waals surface area contributed by atoms with Crippen molar-refractivity contribution in [2.45, 2.75) is 30.3 Å². The molecular weight excluding hydrogens is 278 g/mol. The van der Waals surface area contributed by atoms with E-state index in [4.69, 9.17) is 0 Å². The highest BCUT2D eigenvalue weighted by Gasteiger charge is 2.09. The number of aryl methyl sites for hydroxylation is 1. The van der Waals surface area contributed by atoms with Crippen molar-refractivity contribution >= 4 is 11.8 Å². The molecule has 0 radical (unpaired) electrons. The van der Waals surface area contributed by atoms with Crippen LogP contribution in [0.4, 0.5) is 8.78 Å². The minimum Gasteiger partial charge on any atom is -0.313 e. The molecule has 0 unspecified atom stereocenters. The number of nitrogens with one attached hydrogen (secondary N) is 1. The van der Waals surface area contributed by atoms with Crippen molar-refractivity contribution in [3.63, 3.8) is 0 Å². The summed E-state index contributed by atoms with van der Waals surface area (Å²) in [7, 11) is 0. The predicted octanol–water partition coefficient (Wildman–Crippen LogP) is 3.93. The van der Waals surface area contributed by atoms with Crippen molar-refractivity contribution in [3.05, 3.63) is 53.2 Å². The number of pyridine rings is 1. The van der Waals surface area contributed by atoms with Crippen molar-refractivity contribution in [2.75, 3.05) is 6.54 Å². The number of aromatic nitrogens is 1. The van der Waals surface area contributed by atoms with E-state index in [9.17, 15) is 8.78 Å². The molecule has 0 aliphatic rings. The monoisotopic (exact) mass is 294 g/mol. The fraction of sp³-hybridized carbons (Fsp3) is 0.267. The maximum absolute atomic E-state index is 13.6. The van der Waals surface area contributed by atoms with Crippen LogP contribution in [0, 0.1) is 18.6 Å². The van der Waals surface area contributed by atoms with E-state index in [2.05, 4.69) is 10.3 Å². The van der Waals surface area contributed by atoms with Gasteiger partial charge in [-0.2, -0.15) is 0 Å². The lowest BCUT2D eigenvalue weighted by molar-refractivity contribution is 0.565.